The van der Waals surface area contributed by atoms with Gasteiger partial charge in [-0.3, -0.25) is 10.1 Å². The Morgan fingerprint density at radius 1 is 1.14 bits per heavy atom. The van der Waals surface area contributed by atoms with E-state index in [0.29, 0.717) is 5.75 Å². The molecule has 0 saturated heterocycles. The van der Waals surface area contributed by atoms with Crippen LogP contribution in [0.5, 0.6) is 5.75 Å². The number of benzene rings is 2. The molecule has 0 saturated carbocycles. The largest absolute Gasteiger partial charge is 0.423 e. The number of carbonyl (C=O) groups excluding carboxylic acids is 1. The Bertz CT molecular complexity index is 679. The molecule has 2 rings (SSSR count). The highest BCUT2D eigenvalue weighted by Gasteiger charge is 2.15. The van der Waals surface area contributed by atoms with Crippen molar-refractivity contribution in [1.29, 1.82) is 0 Å². The lowest BCUT2D eigenvalue weighted by molar-refractivity contribution is -0.384. The summed E-state index contributed by atoms with van der Waals surface area (Å²) in [6.45, 7) is 4.00. The van der Waals surface area contributed by atoms with Crippen LogP contribution in [0.1, 0.15) is 35.7 Å². The van der Waals surface area contributed by atoms with Crippen LogP contribution in [-0.4, -0.2) is 10.9 Å². The smallest absolute Gasteiger partial charge is 0.343 e. The van der Waals surface area contributed by atoms with Crippen LogP contribution in [0.15, 0.2) is 48.5 Å². The van der Waals surface area contributed by atoms with Crippen molar-refractivity contribution < 1.29 is 14.5 Å². The van der Waals surface area contributed by atoms with Gasteiger partial charge in [0.1, 0.15) is 5.75 Å². The van der Waals surface area contributed by atoms with E-state index in [2.05, 4.69) is 0 Å². The molecule has 2 aromatic rings. The number of ether oxygens (including phenoxy) is 1. The van der Waals surface area contributed by atoms with Crippen LogP contribution in [0, 0.1) is 10.1 Å². The molecule has 108 valence electrons. The number of nitro benzene ring substituents is 1. The lowest BCUT2D eigenvalue weighted by Gasteiger charge is -2.12. The minimum atomic E-state index is -0.605. The van der Waals surface area contributed by atoms with Crippen LogP contribution in [0.25, 0.3) is 0 Å². The molecule has 0 atom stereocenters. The van der Waals surface area contributed by atoms with E-state index >= 15 is 0 Å². The topological polar surface area (TPSA) is 69.4 Å². The van der Waals surface area contributed by atoms with Crippen molar-refractivity contribution in [2.75, 3.05) is 0 Å². The van der Waals surface area contributed by atoms with Crippen molar-refractivity contribution in [3.05, 3.63) is 69.8 Å². The predicted molar refractivity (Wildman–Crippen MR) is 78.6 cm³/mol. The molecule has 0 aliphatic carbocycles. The standard InChI is InChI=1S/C16H15NO4/c1-11(2)14-8-3-4-9-15(14)21-16(18)12-6-5-7-13(10-12)17(19)20/h3-11H,1-2H3. The molecule has 0 unspecified atom stereocenters. The van der Waals surface area contributed by atoms with Crippen LogP contribution < -0.4 is 4.74 Å². The molecule has 5 heteroatoms. The summed E-state index contributed by atoms with van der Waals surface area (Å²) < 4.78 is 5.37. The average Bonchev–Trinajstić information content (AvgIpc) is 2.47. The van der Waals surface area contributed by atoms with Crippen molar-refractivity contribution in [2.45, 2.75) is 19.8 Å². The van der Waals surface area contributed by atoms with Crippen LogP contribution in [-0.2, 0) is 0 Å². The lowest BCUT2D eigenvalue weighted by Crippen LogP contribution is -2.10. The first kappa shape index (κ1) is 14.7. The van der Waals surface area contributed by atoms with Crippen molar-refractivity contribution in [3.63, 3.8) is 0 Å². The number of esters is 1. The van der Waals surface area contributed by atoms with Gasteiger partial charge in [-0.2, -0.15) is 0 Å². The fraction of sp³-hybridized carbons (Fsp3) is 0.188. The summed E-state index contributed by atoms with van der Waals surface area (Å²) in [5.74, 6) is 0.0786. The third-order valence-electron chi connectivity index (χ3n) is 3.04. The number of para-hydroxylation sites is 1. The van der Waals surface area contributed by atoms with Crippen molar-refractivity contribution in [2.24, 2.45) is 0 Å². The van der Waals surface area contributed by atoms with Gasteiger partial charge in [-0.1, -0.05) is 38.1 Å². The maximum Gasteiger partial charge on any atom is 0.343 e. The first-order valence-corrected chi connectivity index (χ1v) is 6.54. The van der Waals surface area contributed by atoms with Gasteiger partial charge in [-0.05, 0) is 23.6 Å². The van der Waals surface area contributed by atoms with Crippen LogP contribution >= 0.6 is 0 Å². The minimum absolute atomic E-state index is 0.137. The fourth-order valence-electron chi connectivity index (χ4n) is 1.96. The molecule has 0 radical (unpaired) electrons. The number of nitro groups is 1. The zero-order valence-corrected chi connectivity index (χ0v) is 11.8. The molecule has 21 heavy (non-hydrogen) atoms. The normalized spacial score (nSPS) is 10.4. The Morgan fingerprint density at radius 3 is 2.52 bits per heavy atom. The van der Waals surface area contributed by atoms with E-state index in [0.717, 1.165) is 5.56 Å². The summed E-state index contributed by atoms with van der Waals surface area (Å²) in [6, 6.07) is 12.8. The second kappa shape index (κ2) is 6.17. The monoisotopic (exact) mass is 285 g/mol. The second-order valence-corrected chi connectivity index (χ2v) is 4.89. The van der Waals surface area contributed by atoms with E-state index in [1.54, 1.807) is 12.1 Å². The van der Waals surface area contributed by atoms with Gasteiger partial charge >= 0.3 is 5.97 Å². The first-order valence-electron chi connectivity index (χ1n) is 6.54. The summed E-state index contributed by atoms with van der Waals surface area (Å²) in [7, 11) is 0. The van der Waals surface area contributed by atoms with Gasteiger partial charge in [-0.15, -0.1) is 0 Å². The van der Waals surface area contributed by atoms with Gasteiger partial charge < -0.3 is 4.74 Å². The number of carbonyl (C=O) groups is 1. The maximum atomic E-state index is 12.1. The van der Waals surface area contributed by atoms with Crippen molar-refractivity contribution in [1.82, 2.24) is 0 Å². The van der Waals surface area contributed by atoms with E-state index in [4.69, 9.17) is 4.74 Å². The predicted octanol–water partition coefficient (Wildman–Crippen LogP) is 3.94. The molecule has 0 bridgehead atoms. The van der Waals surface area contributed by atoms with Crippen LogP contribution in [0.3, 0.4) is 0 Å². The molecule has 0 aliphatic heterocycles. The number of rotatable bonds is 4. The zero-order chi connectivity index (χ0) is 15.4. The maximum absolute atomic E-state index is 12.1. The molecule has 2 aromatic carbocycles. The average molecular weight is 285 g/mol. The molecule has 0 heterocycles. The third-order valence-corrected chi connectivity index (χ3v) is 3.04. The van der Waals surface area contributed by atoms with Gasteiger partial charge in [-0.25, -0.2) is 4.79 Å². The summed E-state index contributed by atoms with van der Waals surface area (Å²) in [6.07, 6.45) is 0. The van der Waals surface area contributed by atoms with Crippen LogP contribution in [0.2, 0.25) is 0 Å². The molecule has 0 N–H and O–H groups in total. The Labute approximate surface area is 122 Å². The second-order valence-electron chi connectivity index (χ2n) is 4.89. The summed E-state index contributed by atoms with van der Waals surface area (Å²) in [5, 5.41) is 10.7. The summed E-state index contributed by atoms with van der Waals surface area (Å²) in [4.78, 5) is 22.3. The van der Waals surface area contributed by atoms with Gasteiger partial charge in [0, 0.05) is 12.1 Å². The molecule has 0 aromatic heterocycles. The highest BCUT2D eigenvalue weighted by atomic mass is 16.6. The molecule has 0 fully saturated rings. The molecule has 0 aliphatic rings. The van der Waals surface area contributed by atoms with E-state index in [-0.39, 0.29) is 17.2 Å². The number of non-ortho nitro benzene ring substituents is 1. The van der Waals surface area contributed by atoms with Gasteiger partial charge in [0.05, 0.1) is 10.5 Å². The minimum Gasteiger partial charge on any atom is -0.423 e. The lowest BCUT2D eigenvalue weighted by atomic mass is 10.0. The Balaban J connectivity index is 2.26. The highest BCUT2D eigenvalue weighted by Crippen LogP contribution is 2.26. The summed E-state index contributed by atoms with van der Waals surface area (Å²) >= 11 is 0. The SMILES string of the molecule is CC(C)c1ccccc1OC(=O)c1cccc([N+](=O)[O-])c1. The Kier molecular flexibility index (Phi) is 4.33. The van der Waals surface area contributed by atoms with E-state index in [9.17, 15) is 14.9 Å². The van der Waals surface area contributed by atoms with E-state index < -0.39 is 10.9 Å². The zero-order valence-electron chi connectivity index (χ0n) is 11.8. The van der Waals surface area contributed by atoms with E-state index in [1.165, 1.54) is 24.3 Å². The molecular formula is C16H15NO4. The number of nitrogens with zero attached hydrogens (tertiary/aromatic N) is 1. The molecule has 0 spiro atoms. The highest BCUT2D eigenvalue weighted by molar-refractivity contribution is 5.91. The van der Waals surface area contributed by atoms with Crippen molar-refractivity contribution in [3.8, 4) is 5.75 Å². The van der Waals surface area contributed by atoms with Crippen molar-refractivity contribution >= 4 is 11.7 Å². The van der Waals surface area contributed by atoms with Crippen LogP contribution in [0.4, 0.5) is 5.69 Å². The molecule has 0 amide bonds. The quantitative estimate of drug-likeness (QED) is 0.369. The van der Waals surface area contributed by atoms with Gasteiger partial charge in [0.25, 0.3) is 5.69 Å². The first-order chi connectivity index (χ1) is 9.99. The summed E-state index contributed by atoms with van der Waals surface area (Å²) in [5.41, 5.74) is 0.931. The number of hydrogen-bond acceptors (Lipinski definition) is 4. The third kappa shape index (κ3) is 3.45. The number of hydrogen-bond donors (Lipinski definition) is 0. The van der Waals surface area contributed by atoms with E-state index in [1.807, 2.05) is 26.0 Å². The molecule has 5 nitrogen and oxygen atoms in total. The molecular weight excluding hydrogens is 270 g/mol. The van der Waals surface area contributed by atoms with Gasteiger partial charge in [0.15, 0.2) is 0 Å². The Morgan fingerprint density at radius 2 is 1.86 bits per heavy atom. The van der Waals surface area contributed by atoms with Gasteiger partial charge in [0.2, 0.25) is 0 Å². The fourth-order valence-corrected chi connectivity index (χ4v) is 1.96. The Hall–Kier alpha value is -2.69.